The van der Waals surface area contributed by atoms with Gasteiger partial charge in [0.15, 0.2) is 0 Å². The zero-order valence-electron chi connectivity index (χ0n) is 12.7. The van der Waals surface area contributed by atoms with Gasteiger partial charge in [0.25, 0.3) is 11.6 Å². The first-order chi connectivity index (χ1) is 11.6. The summed E-state index contributed by atoms with van der Waals surface area (Å²) in [6, 6.07) is 11.5. The number of amides is 1. The predicted molar refractivity (Wildman–Crippen MR) is 90.0 cm³/mol. The largest absolute Gasteiger partial charge is 0.383 e. The standard InChI is InChI=1S/C16H15N5O3/c22-16(14-3-1-2-11-10-19-20-15(11)14)18-9-8-17-12-4-6-13(7-5-12)21(23)24/h1-7,10,17H,8-9H2,(H,18,22)(H,19,20). The van der Waals surface area contributed by atoms with Gasteiger partial charge in [-0.2, -0.15) is 5.10 Å². The number of rotatable bonds is 6. The number of nitrogens with one attached hydrogen (secondary N) is 3. The number of hydrogen-bond acceptors (Lipinski definition) is 5. The fraction of sp³-hybridized carbons (Fsp3) is 0.125. The molecular weight excluding hydrogens is 310 g/mol. The number of nitrogens with zero attached hydrogens (tertiary/aromatic N) is 2. The number of H-pyrrole nitrogens is 1. The average Bonchev–Trinajstić information content (AvgIpc) is 3.07. The van der Waals surface area contributed by atoms with Gasteiger partial charge in [-0.05, 0) is 18.2 Å². The van der Waals surface area contributed by atoms with Crippen LogP contribution in [0.2, 0.25) is 0 Å². The van der Waals surface area contributed by atoms with Crippen LogP contribution < -0.4 is 10.6 Å². The van der Waals surface area contributed by atoms with Crippen molar-refractivity contribution in [1.29, 1.82) is 0 Å². The van der Waals surface area contributed by atoms with E-state index in [1.165, 1.54) is 12.1 Å². The second kappa shape index (κ2) is 6.78. The molecule has 0 spiro atoms. The molecule has 0 aliphatic carbocycles. The van der Waals surface area contributed by atoms with Crippen LogP contribution in [0.4, 0.5) is 11.4 Å². The van der Waals surface area contributed by atoms with Crippen molar-refractivity contribution < 1.29 is 9.72 Å². The topological polar surface area (TPSA) is 113 Å². The first-order valence-corrected chi connectivity index (χ1v) is 7.34. The fourth-order valence-electron chi connectivity index (χ4n) is 2.34. The van der Waals surface area contributed by atoms with Crippen LogP contribution in [0.1, 0.15) is 10.4 Å². The fourth-order valence-corrected chi connectivity index (χ4v) is 2.34. The van der Waals surface area contributed by atoms with E-state index in [2.05, 4.69) is 20.8 Å². The number of nitro groups is 1. The summed E-state index contributed by atoms with van der Waals surface area (Å²) in [5, 5.41) is 24.1. The lowest BCUT2D eigenvalue weighted by atomic mass is 10.1. The Morgan fingerprint density at radius 2 is 1.96 bits per heavy atom. The van der Waals surface area contributed by atoms with Crippen molar-refractivity contribution in [3.05, 3.63) is 64.3 Å². The Balaban J connectivity index is 1.52. The summed E-state index contributed by atoms with van der Waals surface area (Å²) in [6.45, 7) is 0.919. The minimum Gasteiger partial charge on any atom is -0.383 e. The van der Waals surface area contributed by atoms with E-state index in [1.807, 2.05) is 12.1 Å². The van der Waals surface area contributed by atoms with Gasteiger partial charge < -0.3 is 10.6 Å². The molecule has 0 radical (unpaired) electrons. The highest BCUT2D eigenvalue weighted by Gasteiger charge is 2.10. The number of fused-ring (bicyclic) bond motifs is 1. The Hall–Kier alpha value is -3.42. The molecular formula is C16H15N5O3. The molecule has 3 aromatic rings. The summed E-state index contributed by atoms with van der Waals surface area (Å²) >= 11 is 0. The highest BCUT2D eigenvalue weighted by molar-refractivity contribution is 6.05. The first-order valence-electron chi connectivity index (χ1n) is 7.34. The molecule has 0 fully saturated rings. The van der Waals surface area contributed by atoms with Crippen LogP contribution in [0.5, 0.6) is 0 Å². The van der Waals surface area contributed by atoms with Crippen LogP contribution in [0.15, 0.2) is 48.7 Å². The predicted octanol–water partition coefficient (Wildman–Crippen LogP) is 2.31. The molecule has 8 nitrogen and oxygen atoms in total. The van der Waals surface area contributed by atoms with Crippen molar-refractivity contribution in [2.45, 2.75) is 0 Å². The molecule has 3 rings (SSSR count). The smallest absolute Gasteiger partial charge is 0.269 e. The summed E-state index contributed by atoms with van der Waals surface area (Å²) in [4.78, 5) is 22.4. The third kappa shape index (κ3) is 3.32. The van der Waals surface area contributed by atoms with Crippen LogP contribution in [0.3, 0.4) is 0 Å². The Kier molecular flexibility index (Phi) is 4.37. The average molecular weight is 325 g/mol. The number of nitro benzene ring substituents is 1. The van der Waals surface area contributed by atoms with Crippen molar-refractivity contribution in [2.24, 2.45) is 0 Å². The molecule has 0 saturated carbocycles. The normalized spacial score (nSPS) is 10.5. The lowest BCUT2D eigenvalue weighted by Crippen LogP contribution is -2.28. The number of hydrogen-bond donors (Lipinski definition) is 3. The summed E-state index contributed by atoms with van der Waals surface area (Å²) in [7, 11) is 0. The van der Waals surface area contributed by atoms with Gasteiger partial charge in [0.1, 0.15) is 0 Å². The summed E-state index contributed by atoms with van der Waals surface area (Å²) < 4.78 is 0. The van der Waals surface area contributed by atoms with Gasteiger partial charge in [-0.3, -0.25) is 20.0 Å². The maximum Gasteiger partial charge on any atom is 0.269 e. The number of aromatic nitrogens is 2. The Labute approximate surface area is 137 Å². The molecule has 0 saturated heterocycles. The third-order valence-corrected chi connectivity index (χ3v) is 3.54. The van der Waals surface area contributed by atoms with Gasteiger partial charge >= 0.3 is 0 Å². The van der Waals surface area contributed by atoms with E-state index in [4.69, 9.17) is 0 Å². The summed E-state index contributed by atoms with van der Waals surface area (Å²) in [5.74, 6) is -0.185. The highest BCUT2D eigenvalue weighted by Crippen LogP contribution is 2.16. The van der Waals surface area contributed by atoms with Crippen LogP contribution in [0.25, 0.3) is 10.9 Å². The van der Waals surface area contributed by atoms with Crippen LogP contribution in [-0.4, -0.2) is 34.1 Å². The molecule has 24 heavy (non-hydrogen) atoms. The monoisotopic (exact) mass is 325 g/mol. The molecule has 0 bridgehead atoms. The van der Waals surface area contributed by atoms with Gasteiger partial charge in [0.05, 0.1) is 22.2 Å². The number of carbonyl (C=O) groups excluding carboxylic acids is 1. The van der Waals surface area contributed by atoms with E-state index in [1.54, 1.807) is 24.4 Å². The number of benzene rings is 2. The molecule has 2 aromatic carbocycles. The molecule has 1 amide bonds. The number of carbonyl (C=O) groups is 1. The minimum absolute atomic E-state index is 0.0431. The van der Waals surface area contributed by atoms with E-state index in [0.29, 0.717) is 24.2 Å². The molecule has 8 heteroatoms. The van der Waals surface area contributed by atoms with Gasteiger partial charge in [0.2, 0.25) is 0 Å². The number of anilines is 1. The van der Waals surface area contributed by atoms with Crippen molar-refractivity contribution >= 4 is 28.2 Å². The van der Waals surface area contributed by atoms with Gasteiger partial charge in [-0.1, -0.05) is 12.1 Å². The van der Waals surface area contributed by atoms with E-state index in [0.717, 1.165) is 11.1 Å². The maximum atomic E-state index is 12.2. The second-order valence-corrected chi connectivity index (χ2v) is 5.13. The van der Waals surface area contributed by atoms with Crippen molar-refractivity contribution in [3.8, 4) is 0 Å². The van der Waals surface area contributed by atoms with E-state index < -0.39 is 4.92 Å². The zero-order valence-corrected chi connectivity index (χ0v) is 12.7. The molecule has 0 aliphatic heterocycles. The maximum absolute atomic E-state index is 12.2. The van der Waals surface area contributed by atoms with Crippen LogP contribution >= 0.6 is 0 Å². The highest BCUT2D eigenvalue weighted by atomic mass is 16.6. The lowest BCUT2D eigenvalue weighted by molar-refractivity contribution is -0.384. The molecule has 0 aliphatic rings. The van der Waals surface area contributed by atoms with E-state index in [-0.39, 0.29) is 11.6 Å². The summed E-state index contributed by atoms with van der Waals surface area (Å²) in [5.41, 5.74) is 2.05. The van der Waals surface area contributed by atoms with Crippen LogP contribution in [0, 0.1) is 10.1 Å². The van der Waals surface area contributed by atoms with Crippen molar-refractivity contribution in [3.63, 3.8) is 0 Å². The second-order valence-electron chi connectivity index (χ2n) is 5.13. The van der Waals surface area contributed by atoms with Gasteiger partial charge in [0, 0.05) is 36.3 Å². The van der Waals surface area contributed by atoms with Crippen molar-refractivity contribution in [1.82, 2.24) is 15.5 Å². The number of para-hydroxylation sites is 1. The molecule has 1 aromatic heterocycles. The molecule has 1 heterocycles. The molecule has 0 unspecified atom stereocenters. The van der Waals surface area contributed by atoms with E-state index >= 15 is 0 Å². The quantitative estimate of drug-likeness (QED) is 0.366. The lowest BCUT2D eigenvalue weighted by Gasteiger charge is -2.08. The molecule has 122 valence electrons. The van der Waals surface area contributed by atoms with Gasteiger partial charge in [-0.15, -0.1) is 0 Å². The number of non-ortho nitro benzene ring substituents is 1. The Bertz CT molecular complexity index is 873. The molecule has 3 N–H and O–H groups in total. The minimum atomic E-state index is -0.444. The number of aromatic amines is 1. The first kappa shape index (κ1) is 15.5. The van der Waals surface area contributed by atoms with E-state index in [9.17, 15) is 14.9 Å². The summed E-state index contributed by atoms with van der Waals surface area (Å²) in [6.07, 6.45) is 1.67. The van der Waals surface area contributed by atoms with Crippen LogP contribution in [-0.2, 0) is 0 Å². The molecule has 0 atom stereocenters. The Morgan fingerprint density at radius 3 is 2.71 bits per heavy atom. The zero-order chi connectivity index (χ0) is 16.9. The SMILES string of the molecule is O=C(NCCNc1ccc([N+](=O)[O-])cc1)c1cccc2cn[nH]c12. The van der Waals surface area contributed by atoms with Gasteiger partial charge in [-0.25, -0.2) is 0 Å². The third-order valence-electron chi connectivity index (χ3n) is 3.54. The van der Waals surface area contributed by atoms with Crippen molar-refractivity contribution in [2.75, 3.05) is 18.4 Å². The Morgan fingerprint density at radius 1 is 1.17 bits per heavy atom.